The summed E-state index contributed by atoms with van der Waals surface area (Å²) in [4.78, 5) is 25.6. The molecule has 0 fully saturated rings. The van der Waals surface area contributed by atoms with Crippen LogP contribution in [0, 0.1) is 13.8 Å². The fraction of sp³-hybridized carbons (Fsp3) is 0.231. The smallest absolute Gasteiger partial charge is 0.322 e. The van der Waals surface area contributed by atoms with Crippen molar-refractivity contribution in [1.29, 1.82) is 0 Å². The molecule has 0 aliphatic carbocycles. The normalized spacial score (nSPS) is 10.6. The third-order valence-electron chi connectivity index (χ3n) is 2.86. The van der Waals surface area contributed by atoms with Gasteiger partial charge >= 0.3 is 5.97 Å². The van der Waals surface area contributed by atoms with E-state index in [1.54, 1.807) is 6.92 Å². The van der Waals surface area contributed by atoms with E-state index in [4.69, 9.17) is 5.11 Å². The number of aromatic amines is 1. The van der Waals surface area contributed by atoms with E-state index in [9.17, 15) is 9.59 Å². The van der Waals surface area contributed by atoms with Crippen LogP contribution in [0.5, 0.6) is 0 Å². The van der Waals surface area contributed by atoms with Gasteiger partial charge in [0.1, 0.15) is 6.54 Å². The molecule has 0 aliphatic rings. The number of carboxylic acid groups (broad SMARTS) is 1. The number of para-hydroxylation sites is 1. The lowest BCUT2D eigenvalue weighted by Crippen LogP contribution is -2.29. The van der Waals surface area contributed by atoms with Crippen LogP contribution in [-0.2, 0) is 4.79 Å². The molecule has 0 atom stereocenters. The van der Waals surface area contributed by atoms with Gasteiger partial charge in [0.05, 0.1) is 5.56 Å². The summed E-state index contributed by atoms with van der Waals surface area (Å²) in [6.07, 6.45) is 0. The second-order valence-corrected chi connectivity index (χ2v) is 4.20. The van der Waals surface area contributed by atoms with Gasteiger partial charge in [-0.25, -0.2) is 0 Å². The van der Waals surface area contributed by atoms with Gasteiger partial charge in [-0.3, -0.25) is 9.59 Å². The van der Waals surface area contributed by atoms with Crippen molar-refractivity contribution in [2.75, 3.05) is 6.54 Å². The van der Waals surface area contributed by atoms with Gasteiger partial charge in [-0.05, 0) is 19.4 Å². The Kier molecular flexibility index (Phi) is 3.06. The van der Waals surface area contributed by atoms with Gasteiger partial charge in [-0.15, -0.1) is 0 Å². The van der Waals surface area contributed by atoms with Gasteiger partial charge in [0.2, 0.25) is 0 Å². The molecule has 1 aromatic heterocycles. The summed E-state index contributed by atoms with van der Waals surface area (Å²) in [6, 6.07) is 5.68. The molecule has 1 amide bonds. The summed E-state index contributed by atoms with van der Waals surface area (Å²) in [5.74, 6) is -1.43. The number of carbonyl (C=O) groups is 2. The van der Waals surface area contributed by atoms with Gasteiger partial charge in [0, 0.05) is 16.6 Å². The highest BCUT2D eigenvalue weighted by molar-refractivity contribution is 6.09. The van der Waals surface area contributed by atoms with Crippen molar-refractivity contribution in [3.05, 3.63) is 35.0 Å². The van der Waals surface area contributed by atoms with Gasteiger partial charge in [-0.1, -0.05) is 18.2 Å². The maximum atomic E-state index is 12.0. The minimum absolute atomic E-state index is 0.369. The zero-order valence-electron chi connectivity index (χ0n) is 10.2. The summed E-state index contributed by atoms with van der Waals surface area (Å²) in [6.45, 7) is 3.38. The Labute approximate surface area is 104 Å². The van der Waals surface area contributed by atoms with Crippen molar-refractivity contribution >= 4 is 22.8 Å². The standard InChI is InChI=1S/C13H14N2O3/c1-7-4-3-5-9-11(8(2)15-12(7)9)13(18)14-6-10(16)17/h3-5,15H,6H2,1-2H3,(H,14,18)(H,16,17). The number of rotatable bonds is 3. The van der Waals surface area contributed by atoms with Crippen LogP contribution in [0.3, 0.4) is 0 Å². The van der Waals surface area contributed by atoms with Gasteiger partial charge in [-0.2, -0.15) is 0 Å². The molecule has 0 bridgehead atoms. The Morgan fingerprint density at radius 3 is 2.72 bits per heavy atom. The minimum Gasteiger partial charge on any atom is -0.480 e. The molecule has 1 heterocycles. The van der Waals surface area contributed by atoms with Crippen LogP contribution in [0.2, 0.25) is 0 Å². The molecule has 0 aliphatic heterocycles. The maximum Gasteiger partial charge on any atom is 0.322 e. The highest BCUT2D eigenvalue weighted by Crippen LogP contribution is 2.24. The van der Waals surface area contributed by atoms with Crippen LogP contribution >= 0.6 is 0 Å². The lowest BCUT2D eigenvalue weighted by Gasteiger charge is -2.02. The van der Waals surface area contributed by atoms with Crippen LogP contribution in [-0.4, -0.2) is 28.5 Å². The number of hydrogen-bond donors (Lipinski definition) is 3. The molecule has 2 rings (SSSR count). The van der Waals surface area contributed by atoms with Crippen molar-refractivity contribution < 1.29 is 14.7 Å². The van der Waals surface area contributed by atoms with E-state index in [0.717, 1.165) is 22.2 Å². The Bertz CT molecular complexity index is 628. The highest BCUT2D eigenvalue weighted by atomic mass is 16.4. The topological polar surface area (TPSA) is 82.2 Å². The number of fused-ring (bicyclic) bond motifs is 1. The predicted octanol–water partition coefficient (Wildman–Crippen LogP) is 1.60. The number of carbonyl (C=O) groups excluding carboxylic acids is 1. The first-order chi connectivity index (χ1) is 8.50. The molecule has 5 heteroatoms. The molecule has 3 N–H and O–H groups in total. The fourth-order valence-electron chi connectivity index (χ4n) is 2.03. The van der Waals surface area contributed by atoms with Crippen molar-refractivity contribution in [2.45, 2.75) is 13.8 Å². The van der Waals surface area contributed by atoms with E-state index in [1.165, 1.54) is 0 Å². The largest absolute Gasteiger partial charge is 0.480 e. The predicted molar refractivity (Wildman–Crippen MR) is 67.7 cm³/mol. The summed E-state index contributed by atoms with van der Waals surface area (Å²) in [5, 5.41) is 11.8. The average molecular weight is 246 g/mol. The number of hydrogen-bond acceptors (Lipinski definition) is 2. The van der Waals surface area contributed by atoms with Crippen LogP contribution in [0.1, 0.15) is 21.6 Å². The molecule has 1 aromatic carbocycles. The molecule has 0 radical (unpaired) electrons. The molecule has 0 saturated heterocycles. The van der Waals surface area contributed by atoms with Gasteiger partial charge in [0.15, 0.2) is 0 Å². The maximum absolute atomic E-state index is 12.0. The molecular weight excluding hydrogens is 232 g/mol. The third kappa shape index (κ3) is 2.07. The number of aliphatic carboxylic acids is 1. The highest BCUT2D eigenvalue weighted by Gasteiger charge is 2.16. The Balaban J connectivity index is 2.44. The van der Waals surface area contributed by atoms with Gasteiger partial charge in [0.25, 0.3) is 5.91 Å². The molecule has 18 heavy (non-hydrogen) atoms. The summed E-state index contributed by atoms with van der Waals surface area (Å²) in [5.41, 5.74) is 3.21. The first kappa shape index (κ1) is 12.2. The monoisotopic (exact) mass is 246 g/mol. The first-order valence-corrected chi connectivity index (χ1v) is 5.58. The summed E-state index contributed by atoms with van der Waals surface area (Å²) >= 11 is 0. The quantitative estimate of drug-likeness (QED) is 0.769. The Morgan fingerprint density at radius 2 is 2.06 bits per heavy atom. The SMILES string of the molecule is Cc1[nH]c2c(C)cccc2c1C(=O)NCC(=O)O. The zero-order valence-corrected chi connectivity index (χ0v) is 10.2. The van der Waals surface area contributed by atoms with Crippen molar-refractivity contribution in [1.82, 2.24) is 10.3 Å². The molecule has 94 valence electrons. The third-order valence-corrected chi connectivity index (χ3v) is 2.86. The van der Waals surface area contributed by atoms with Crippen molar-refractivity contribution in [3.63, 3.8) is 0 Å². The number of benzene rings is 1. The van der Waals surface area contributed by atoms with E-state index >= 15 is 0 Å². The van der Waals surface area contributed by atoms with Gasteiger partial charge < -0.3 is 15.4 Å². The van der Waals surface area contributed by atoms with Crippen LogP contribution in [0.25, 0.3) is 10.9 Å². The van der Waals surface area contributed by atoms with Crippen molar-refractivity contribution in [2.24, 2.45) is 0 Å². The molecule has 5 nitrogen and oxygen atoms in total. The number of nitrogens with one attached hydrogen (secondary N) is 2. The number of aromatic nitrogens is 1. The second-order valence-electron chi connectivity index (χ2n) is 4.20. The first-order valence-electron chi connectivity index (χ1n) is 5.58. The minimum atomic E-state index is -1.06. The fourth-order valence-corrected chi connectivity index (χ4v) is 2.03. The molecule has 0 spiro atoms. The molecule has 0 unspecified atom stereocenters. The van der Waals surface area contributed by atoms with E-state index in [2.05, 4.69) is 10.3 Å². The second kappa shape index (κ2) is 4.52. The Hall–Kier alpha value is -2.30. The molecule has 2 aromatic rings. The van der Waals surface area contributed by atoms with E-state index < -0.39 is 5.97 Å². The lowest BCUT2D eigenvalue weighted by molar-refractivity contribution is -0.135. The molecule has 0 saturated carbocycles. The number of aryl methyl sites for hydroxylation is 2. The molecular formula is C13H14N2O3. The number of carboxylic acids is 1. The van der Waals surface area contributed by atoms with Crippen LogP contribution in [0.15, 0.2) is 18.2 Å². The van der Waals surface area contributed by atoms with Crippen LogP contribution in [0.4, 0.5) is 0 Å². The Morgan fingerprint density at radius 1 is 1.33 bits per heavy atom. The van der Waals surface area contributed by atoms with E-state index in [0.29, 0.717) is 5.56 Å². The summed E-state index contributed by atoms with van der Waals surface area (Å²) < 4.78 is 0. The average Bonchev–Trinajstić information content (AvgIpc) is 2.64. The van der Waals surface area contributed by atoms with Crippen molar-refractivity contribution in [3.8, 4) is 0 Å². The van der Waals surface area contributed by atoms with Crippen LogP contribution < -0.4 is 5.32 Å². The number of H-pyrrole nitrogens is 1. The van der Waals surface area contributed by atoms with E-state index in [1.807, 2.05) is 25.1 Å². The lowest BCUT2D eigenvalue weighted by atomic mass is 10.1. The number of amides is 1. The zero-order chi connectivity index (χ0) is 13.3. The summed E-state index contributed by atoms with van der Waals surface area (Å²) in [7, 11) is 0. The van der Waals surface area contributed by atoms with E-state index in [-0.39, 0.29) is 12.5 Å².